The van der Waals surface area contributed by atoms with Gasteiger partial charge in [-0.3, -0.25) is 4.79 Å². The Balaban J connectivity index is 1.64. The minimum atomic E-state index is -0.275. The number of phenols is 1. The van der Waals surface area contributed by atoms with Gasteiger partial charge in [-0.25, -0.2) is 5.43 Å². The van der Waals surface area contributed by atoms with Gasteiger partial charge in [0.1, 0.15) is 5.75 Å². The lowest BCUT2D eigenvalue weighted by Crippen LogP contribution is -2.21. The van der Waals surface area contributed by atoms with Crippen molar-refractivity contribution in [2.24, 2.45) is 5.10 Å². The average Bonchev–Trinajstić information content (AvgIpc) is 3.14. The van der Waals surface area contributed by atoms with Crippen LogP contribution in [0.25, 0.3) is 11.4 Å². The predicted molar refractivity (Wildman–Crippen MR) is 115 cm³/mol. The molecule has 2 N–H and O–H groups in total. The lowest BCUT2D eigenvalue weighted by atomic mass is 10.1. The average molecular weight is 430 g/mol. The molecule has 1 aromatic heterocycles. The fourth-order valence-corrected chi connectivity index (χ4v) is 3.56. The molecular weight excluding hydrogens is 410 g/mol. The predicted octanol–water partition coefficient (Wildman–Crippen LogP) is 3.96. The molecule has 2 aromatic carbocycles. The fraction of sp³-hybridized carbons (Fsp3) is 0.200. The van der Waals surface area contributed by atoms with E-state index in [1.54, 1.807) is 43.3 Å². The molecule has 1 heterocycles. The van der Waals surface area contributed by atoms with E-state index in [2.05, 4.69) is 20.7 Å². The van der Waals surface area contributed by atoms with Gasteiger partial charge in [0.25, 0.3) is 5.91 Å². The quantitative estimate of drug-likeness (QED) is 0.337. The normalized spacial score (nSPS) is 11.5. The number of phenolic OH excluding ortho intramolecular Hbond substituents is 1. The van der Waals surface area contributed by atoms with E-state index in [1.165, 1.54) is 11.8 Å². The molecule has 150 valence electrons. The molecule has 0 saturated heterocycles. The minimum absolute atomic E-state index is 0.114. The fourth-order valence-electron chi connectivity index (χ4n) is 2.64. The number of thioether (sulfide) groups is 1. The van der Waals surface area contributed by atoms with Crippen molar-refractivity contribution < 1.29 is 9.90 Å². The van der Waals surface area contributed by atoms with Crippen LogP contribution in [-0.2, 0) is 11.3 Å². The van der Waals surface area contributed by atoms with Crippen LogP contribution in [0.1, 0.15) is 19.4 Å². The number of hydrazone groups is 1. The number of aromatic nitrogens is 3. The monoisotopic (exact) mass is 429 g/mol. The first-order valence-corrected chi connectivity index (χ1v) is 10.3. The third-order valence-electron chi connectivity index (χ3n) is 4.11. The maximum atomic E-state index is 12.2. The molecule has 0 aliphatic heterocycles. The van der Waals surface area contributed by atoms with Gasteiger partial charge in [-0.2, -0.15) is 5.10 Å². The summed E-state index contributed by atoms with van der Waals surface area (Å²) in [6.45, 7) is 4.38. The maximum absolute atomic E-state index is 12.2. The first-order chi connectivity index (χ1) is 14.0. The lowest BCUT2D eigenvalue weighted by molar-refractivity contribution is -0.118. The Hall–Kier alpha value is -2.84. The van der Waals surface area contributed by atoms with Crippen LogP contribution in [0.15, 0.2) is 58.8 Å². The first-order valence-electron chi connectivity index (χ1n) is 8.93. The SMILES string of the molecule is CCn1c(SCC(=O)NN=C(C)c2ccccc2O)nnc1-c1ccc(Cl)cc1. The molecule has 1 amide bonds. The molecule has 9 heteroatoms. The number of benzene rings is 2. The Morgan fingerprint density at radius 2 is 1.93 bits per heavy atom. The summed E-state index contributed by atoms with van der Waals surface area (Å²) in [6.07, 6.45) is 0. The van der Waals surface area contributed by atoms with Gasteiger partial charge in [-0.05, 0) is 50.2 Å². The lowest BCUT2D eigenvalue weighted by Gasteiger charge is -2.07. The van der Waals surface area contributed by atoms with Crippen LogP contribution in [-0.4, -0.2) is 37.2 Å². The summed E-state index contributed by atoms with van der Waals surface area (Å²) in [7, 11) is 0. The van der Waals surface area contributed by atoms with E-state index in [0.29, 0.717) is 28.0 Å². The van der Waals surface area contributed by atoms with Crippen LogP contribution in [0, 0.1) is 0 Å². The highest BCUT2D eigenvalue weighted by Crippen LogP contribution is 2.25. The van der Waals surface area contributed by atoms with Gasteiger partial charge in [0.2, 0.25) is 0 Å². The number of aromatic hydroxyl groups is 1. The Morgan fingerprint density at radius 3 is 2.62 bits per heavy atom. The number of halogens is 1. The number of hydrogen-bond donors (Lipinski definition) is 2. The minimum Gasteiger partial charge on any atom is -0.507 e. The molecule has 0 aliphatic carbocycles. The molecule has 3 rings (SSSR count). The highest BCUT2D eigenvalue weighted by molar-refractivity contribution is 7.99. The van der Waals surface area contributed by atoms with E-state index in [0.717, 1.165) is 11.4 Å². The third kappa shape index (κ3) is 5.16. The smallest absolute Gasteiger partial charge is 0.250 e. The molecule has 3 aromatic rings. The van der Waals surface area contributed by atoms with Gasteiger partial charge in [0, 0.05) is 22.7 Å². The number of nitrogens with zero attached hydrogens (tertiary/aromatic N) is 4. The van der Waals surface area contributed by atoms with Crippen molar-refractivity contribution in [2.45, 2.75) is 25.5 Å². The largest absolute Gasteiger partial charge is 0.507 e. The number of carbonyl (C=O) groups excluding carboxylic acids is 1. The second kappa shape index (κ2) is 9.58. The third-order valence-corrected chi connectivity index (χ3v) is 5.33. The van der Waals surface area contributed by atoms with E-state index in [-0.39, 0.29) is 17.4 Å². The van der Waals surface area contributed by atoms with Gasteiger partial charge in [-0.15, -0.1) is 10.2 Å². The summed E-state index contributed by atoms with van der Waals surface area (Å²) in [5.74, 6) is 0.697. The molecule has 7 nitrogen and oxygen atoms in total. The molecule has 0 aliphatic rings. The zero-order valence-corrected chi connectivity index (χ0v) is 17.5. The maximum Gasteiger partial charge on any atom is 0.250 e. The van der Waals surface area contributed by atoms with Crippen LogP contribution in [0.2, 0.25) is 5.02 Å². The van der Waals surface area contributed by atoms with Gasteiger partial charge < -0.3 is 9.67 Å². The Bertz CT molecular complexity index is 1030. The van der Waals surface area contributed by atoms with Crippen LogP contribution >= 0.6 is 23.4 Å². The van der Waals surface area contributed by atoms with Gasteiger partial charge in [0.15, 0.2) is 11.0 Å². The summed E-state index contributed by atoms with van der Waals surface area (Å²) < 4.78 is 1.94. The summed E-state index contributed by atoms with van der Waals surface area (Å²) in [4.78, 5) is 12.2. The molecule has 0 atom stereocenters. The van der Waals surface area contributed by atoms with Gasteiger partial charge >= 0.3 is 0 Å². The number of hydrogen-bond acceptors (Lipinski definition) is 6. The van der Waals surface area contributed by atoms with Crippen molar-refractivity contribution in [1.82, 2.24) is 20.2 Å². The van der Waals surface area contributed by atoms with E-state index in [9.17, 15) is 9.90 Å². The Morgan fingerprint density at radius 1 is 1.21 bits per heavy atom. The highest BCUT2D eigenvalue weighted by atomic mass is 35.5. The molecule has 29 heavy (non-hydrogen) atoms. The van der Waals surface area contributed by atoms with E-state index >= 15 is 0 Å². The van der Waals surface area contributed by atoms with E-state index in [4.69, 9.17) is 11.6 Å². The molecule has 0 unspecified atom stereocenters. The van der Waals surface area contributed by atoms with Crippen molar-refractivity contribution in [3.05, 3.63) is 59.1 Å². The van der Waals surface area contributed by atoms with Crippen LogP contribution in [0.4, 0.5) is 0 Å². The molecule has 0 bridgehead atoms. The van der Waals surface area contributed by atoms with Crippen LogP contribution < -0.4 is 5.43 Å². The number of nitrogens with one attached hydrogen (secondary N) is 1. The summed E-state index contributed by atoms with van der Waals surface area (Å²) in [5.41, 5.74) is 4.50. The first kappa shape index (κ1) is 20.9. The van der Waals surface area contributed by atoms with Crippen molar-refractivity contribution >= 4 is 35.0 Å². The summed E-state index contributed by atoms with van der Waals surface area (Å²) in [6, 6.07) is 14.2. The number of rotatable bonds is 7. The van der Waals surface area contributed by atoms with Crippen molar-refractivity contribution in [3.63, 3.8) is 0 Å². The molecular formula is C20H20ClN5O2S. The van der Waals surface area contributed by atoms with Crippen molar-refractivity contribution in [2.75, 3.05) is 5.75 Å². The zero-order valence-electron chi connectivity index (χ0n) is 16.0. The van der Waals surface area contributed by atoms with E-state index < -0.39 is 0 Å². The Labute approximate surface area is 177 Å². The molecule has 0 saturated carbocycles. The van der Waals surface area contributed by atoms with Crippen molar-refractivity contribution in [3.8, 4) is 17.1 Å². The second-order valence-corrected chi connectivity index (χ2v) is 7.47. The second-order valence-electron chi connectivity index (χ2n) is 6.10. The van der Waals surface area contributed by atoms with E-state index in [1.807, 2.05) is 23.6 Å². The van der Waals surface area contributed by atoms with Crippen molar-refractivity contribution in [1.29, 1.82) is 0 Å². The summed E-state index contributed by atoms with van der Waals surface area (Å²) >= 11 is 7.23. The Kier molecular flexibility index (Phi) is 6.90. The molecule has 0 radical (unpaired) electrons. The van der Waals surface area contributed by atoms with Gasteiger partial charge in [0.05, 0.1) is 11.5 Å². The standard InChI is InChI=1S/C20H20ClN5O2S/c1-3-26-19(14-8-10-15(21)11-9-14)24-25-20(26)29-12-18(28)23-22-13(2)16-6-4-5-7-17(16)27/h4-11,27H,3,12H2,1-2H3,(H,23,28). The van der Waals surface area contributed by atoms with Crippen LogP contribution in [0.5, 0.6) is 5.75 Å². The molecule has 0 spiro atoms. The number of carbonyl (C=O) groups is 1. The highest BCUT2D eigenvalue weighted by Gasteiger charge is 2.14. The van der Waals surface area contributed by atoms with Gasteiger partial charge in [-0.1, -0.05) is 35.5 Å². The summed E-state index contributed by atoms with van der Waals surface area (Å²) in [5, 5.41) is 23.7. The molecule has 0 fully saturated rings. The topological polar surface area (TPSA) is 92.4 Å². The zero-order chi connectivity index (χ0) is 20.8. The van der Waals surface area contributed by atoms with Crippen LogP contribution in [0.3, 0.4) is 0 Å². The number of para-hydroxylation sites is 1. The number of amides is 1.